The molecule has 1 aromatic rings. The molecule has 2 aliphatic heterocycles. The van der Waals surface area contributed by atoms with Crippen molar-refractivity contribution in [1.29, 1.82) is 0 Å². The third kappa shape index (κ3) is 5.08. The van der Waals surface area contributed by atoms with E-state index in [0.29, 0.717) is 22.7 Å². The van der Waals surface area contributed by atoms with Gasteiger partial charge < -0.3 is 25.0 Å². The maximum absolute atomic E-state index is 13.1. The van der Waals surface area contributed by atoms with Gasteiger partial charge in [-0.3, -0.25) is 9.59 Å². The van der Waals surface area contributed by atoms with Gasteiger partial charge in [0.25, 0.3) is 5.91 Å². The average Bonchev–Trinajstić information content (AvgIpc) is 2.74. The highest BCUT2D eigenvalue weighted by Gasteiger charge is 2.26. The quantitative estimate of drug-likeness (QED) is 0.778. The predicted octanol–water partition coefficient (Wildman–Crippen LogP) is 2.69. The molecule has 0 saturated carbocycles. The molecule has 156 valence electrons. The molecule has 0 bridgehead atoms. The van der Waals surface area contributed by atoms with Crippen LogP contribution in [0.2, 0.25) is 0 Å². The fourth-order valence-electron chi connectivity index (χ4n) is 3.75. The van der Waals surface area contributed by atoms with Crippen LogP contribution in [-0.4, -0.2) is 57.1 Å². The Morgan fingerprint density at radius 3 is 2.25 bits per heavy atom. The van der Waals surface area contributed by atoms with Crippen molar-refractivity contribution in [3.8, 4) is 11.5 Å². The van der Waals surface area contributed by atoms with Crippen molar-refractivity contribution in [2.24, 2.45) is 5.92 Å². The van der Waals surface area contributed by atoms with Crippen molar-refractivity contribution in [3.05, 3.63) is 17.7 Å². The molecule has 0 atom stereocenters. The molecule has 2 heterocycles. The van der Waals surface area contributed by atoms with Gasteiger partial charge in [-0.1, -0.05) is 0 Å². The van der Waals surface area contributed by atoms with E-state index in [1.54, 1.807) is 26.4 Å². The molecule has 2 aliphatic rings. The Labute approximate surface area is 172 Å². The number of piperidine rings is 2. The Bertz CT molecular complexity index is 686. The van der Waals surface area contributed by atoms with Crippen LogP contribution < -0.4 is 20.1 Å². The molecule has 2 saturated heterocycles. The van der Waals surface area contributed by atoms with E-state index in [1.165, 1.54) is 0 Å². The number of likely N-dealkylation sites (tertiary alicyclic amines) is 1. The van der Waals surface area contributed by atoms with Gasteiger partial charge in [-0.2, -0.15) is 0 Å². The van der Waals surface area contributed by atoms with E-state index in [4.69, 9.17) is 9.47 Å². The Kier molecular flexibility index (Phi) is 8.38. The largest absolute Gasteiger partial charge is 0.493 e. The molecule has 1 aromatic carbocycles. The third-order valence-corrected chi connectivity index (χ3v) is 5.37. The summed E-state index contributed by atoms with van der Waals surface area (Å²) in [5, 5.41) is 6.24. The number of carbonyl (C=O) groups excluding carboxylic acids is 2. The average molecular weight is 412 g/mol. The highest BCUT2D eigenvalue weighted by Crippen LogP contribution is 2.35. The van der Waals surface area contributed by atoms with E-state index in [2.05, 4.69) is 10.6 Å². The fourth-order valence-corrected chi connectivity index (χ4v) is 3.75. The Balaban J connectivity index is 0.00000280. The number of benzene rings is 1. The molecule has 2 fully saturated rings. The molecule has 8 heteroatoms. The van der Waals surface area contributed by atoms with Crippen molar-refractivity contribution in [3.63, 3.8) is 0 Å². The smallest absolute Gasteiger partial charge is 0.256 e. The van der Waals surface area contributed by atoms with Crippen LogP contribution in [0.1, 0.15) is 42.5 Å². The number of methoxy groups -OCH3 is 2. The topological polar surface area (TPSA) is 79.9 Å². The van der Waals surface area contributed by atoms with Crippen molar-refractivity contribution in [2.75, 3.05) is 45.7 Å². The summed E-state index contributed by atoms with van der Waals surface area (Å²) in [7, 11) is 3.09. The van der Waals surface area contributed by atoms with Gasteiger partial charge in [0.05, 0.1) is 25.5 Å². The first-order valence-corrected chi connectivity index (χ1v) is 9.71. The zero-order chi connectivity index (χ0) is 19.2. The van der Waals surface area contributed by atoms with Crippen LogP contribution in [-0.2, 0) is 4.79 Å². The van der Waals surface area contributed by atoms with Crippen LogP contribution in [0.3, 0.4) is 0 Å². The zero-order valence-corrected chi connectivity index (χ0v) is 17.4. The molecule has 0 spiro atoms. The van der Waals surface area contributed by atoms with E-state index in [0.717, 1.165) is 58.3 Å². The number of anilines is 1. The number of nitrogens with one attached hydrogen (secondary N) is 2. The van der Waals surface area contributed by atoms with E-state index in [9.17, 15) is 9.59 Å². The molecule has 28 heavy (non-hydrogen) atoms. The minimum Gasteiger partial charge on any atom is -0.493 e. The summed E-state index contributed by atoms with van der Waals surface area (Å²) < 4.78 is 10.7. The molecule has 2 N–H and O–H groups in total. The number of halogens is 1. The number of amides is 2. The highest BCUT2D eigenvalue weighted by atomic mass is 35.5. The maximum Gasteiger partial charge on any atom is 0.256 e. The molecule has 0 unspecified atom stereocenters. The first kappa shape index (κ1) is 22.3. The number of hydrogen-bond acceptors (Lipinski definition) is 5. The molecule has 2 amide bonds. The van der Waals surface area contributed by atoms with Crippen molar-refractivity contribution < 1.29 is 19.1 Å². The van der Waals surface area contributed by atoms with Crippen LogP contribution in [0.25, 0.3) is 0 Å². The summed E-state index contributed by atoms with van der Waals surface area (Å²) in [6.45, 7) is 3.16. The van der Waals surface area contributed by atoms with Gasteiger partial charge in [0.2, 0.25) is 5.91 Å². The van der Waals surface area contributed by atoms with Crippen molar-refractivity contribution >= 4 is 29.9 Å². The number of rotatable bonds is 5. The van der Waals surface area contributed by atoms with Crippen LogP contribution in [0.4, 0.5) is 5.69 Å². The van der Waals surface area contributed by atoms with Crippen LogP contribution in [0, 0.1) is 5.92 Å². The Hall–Kier alpha value is -1.99. The lowest BCUT2D eigenvalue weighted by Gasteiger charge is -2.28. The number of ether oxygens (including phenoxy) is 2. The van der Waals surface area contributed by atoms with E-state index >= 15 is 0 Å². The van der Waals surface area contributed by atoms with Gasteiger partial charge in [-0.25, -0.2) is 0 Å². The first-order valence-electron chi connectivity index (χ1n) is 9.71. The molecule has 0 aromatic heterocycles. The molecule has 7 nitrogen and oxygen atoms in total. The Morgan fingerprint density at radius 1 is 1.04 bits per heavy atom. The second-order valence-electron chi connectivity index (χ2n) is 7.12. The van der Waals surface area contributed by atoms with Crippen molar-refractivity contribution in [2.45, 2.75) is 32.1 Å². The molecule has 3 rings (SSSR count). The Morgan fingerprint density at radius 2 is 1.64 bits per heavy atom. The van der Waals surface area contributed by atoms with Gasteiger partial charge in [-0.05, 0) is 51.3 Å². The lowest BCUT2D eigenvalue weighted by molar-refractivity contribution is -0.120. The second-order valence-corrected chi connectivity index (χ2v) is 7.12. The standard InChI is InChI=1S/C20H29N3O4.ClH/c1-26-17-12-15(20(25)23-10-4-3-5-11-23)16(13-18(17)27-2)22-19(24)14-6-8-21-9-7-14;/h12-14,21H,3-11H2,1-2H3,(H,22,24);1H. The monoisotopic (exact) mass is 411 g/mol. The third-order valence-electron chi connectivity index (χ3n) is 5.37. The summed E-state index contributed by atoms with van der Waals surface area (Å²) in [6.07, 6.45) is 4.77. The minimum atomic E-state index is -0.0729. The van der Waals surface area contributed by atoms with Crippen LogP contribution in [0.15, 0.2) is 12.1 Å². The lowest BCUT2D eigenvalue weighted by Crippen LogP contribution is -2.37. The predicted molar refractivity (Wildman–Crippen MR) is 111 cm³/mol. The highest BCUT2D eigenvalue weighted by molar-refractivity contribution is 6.05. The normalized spacial score (nSPS) is 17.4. The SMILES string of the molecule is COc1cc(NC(=O)C2CCNCC2)c(C(=O)N2CCCCC2)cc1OC.Cl. The maximum atomic E-state index is 13.1. The van der Waals surface area contributed by atoms with E-state index in [-0.39, 0.29) is 30.1 Å². The van der Waals surface area contributed by atoms with Crippen LogP contribution in [0.5, 0.6) is 11.5 Å². The summed E-state index contributed by atoms with van der Waals surface area (Å²) in [4.78, 5) is 27.7. The van der Waals surface area contributed by atoms with Gasteiger partial charge in [0, 0.05) is 25.1 Å². The number of carbonyl (C=O) groups is 2. The summed E-state index contributed by atoms with van der Waals surface area (Å²) in [5.41, 5.74) is 0.948. The van der Waals surface area contributed by atoms with E-state index in [1.807, 2.05) is 4.90 Å². The van der Waals surface area contributed by atoms with E-state index < -0.39 is 0 Å². The van der Waals surface area contributed by atoms with Gasteiger partial charge in [-0.15, -0.1) is 12.4 Å². The van der Waals surface area contributed by atoms with Gasteiger partial charge in [0.15, 0.2) is 11.5 Å². The van der Waals surface area contributed by atoms with Gasteiger partial charge in [0.1, 0.15) is 0 Å². The summed E-state index contributed by atoms with van der Waals surface area (Å²) >= 11 is 0. The zero-order valence-electron chi connectivity index (χ0n) is 16.6. The molecule has 0 radical (unpaired) electrons. The van der Waals surface area contributed by atoms with Crippen LogP contribution >= 0.6 is 12.4 Å². The van der Waals surface area contributed by atoms with Gasteiger partial charge >= 0.3 is 0 Å². The molecular weight excluding hydrogens is 382 g/mol. The minimum absolute atomic E-state index is 0. The number of nitrogens with zero attached hydrogens (tertiary/aromatic N) is 1. The second kappa shape index (κ2) is 10.5. The fraction of sp³-hybridized carbons (Fsp3) is 0.600. The van der Waals surface area contributed by atoms with Crippen molar-refractivity contribution in [1.82, 2.24) is 10.2 Å². The number of hydrogen-bond donors (Lipinski definition) is 2. The molecule has 0 aliphatic carbocycles. The first-order chi connectivity index (χ1) is 13.1. The molecular formula is C20H30ClN3O4. The summed E-state index contributed by atoms with van der Waals surface area (Å²) in [5.74, 6) is 0.816. The summed E-state index contributed by atoms with van der Waals surface area (Å²) in [6, 6.07) is 3.36. The lowest BCUT2D eigenvalue weighted by atomic mass is 9.97.